The van der Waals surface area contributed by atoms with Gasteiger partial charge in [-0.15, -0.1) is 11.3 Å². The van der Waals surface area contributed by atoms with Gasteiger partial charge >= 0.3 is 0 Å². The Kier molecular flexibility index (Phi) is 3.08. The van der Waals surface area contributed by atoms with Gasteiger partial charge in [-0.25, -0.2) is 4.98 Å². The maximum atomic E-state index is 4.60. The first-order chi connectivity index (χ1) is 8.83. The quantitative estimate of drug-likeness (QED) is 0.756. The maximum absolute atomic E-state index is 4.60. The van der Waals surface area contributed by atoms with Gasteiger partial charge in [-0.05, 0) is 25.1 Å². The van der Waals surface area contributed by atoms with E-state index in [9.17, 15) is 0 Å². The van der Waals surface area contributed by atoms with E-state index < -0.39 is 0 Å². The van der Waals surface area contributed by atoms with Crippen LogP contribution in [0.4, 0.5) is 0 Å². The molecule has 3 rings (SSSR count). The molecule has 1 aromatic carbocycles. The Labute approximate surface area is 109 Å². The van der Waals surface area contributed by atoms with E-state index in [4.69, 9.17) is 0 Å². The zero-order chi connectivity index (χ0) is 12.4. The van der Waals surface area contributed by atoms with Crippen molar-refractivity contribution in [2.24, 2.45) is 0 Å². The van der Waals surface area contributed by atoms with Crippen LogP contribution in [-0.4, -0.2) is 15.2 Å². The van der Waals surface area contributed by atoms with Gasteiger partial charge in [-0.1, -0.05) is 12.1 Å². The summed E-state index contributed by atoms with van der Waals surface area (Å²) in [5.41, 5.74) is 2.17. The normalized spacial score (nSPS) is 12.9. The summed E-state index contributed by atoms with van der Waals surface area (Å²) in [7, 11) is 0. The number of hydrogen-bond donors (Lipinski definition) is 2. The van der Waals surface area contributed by atoms with E-state index in [2.05, 4.69) is 33.5 Å². The van der Waals surface area contributed by atoms with E-state index in [0.717, 1.165) is 22.8 Å². The van der Waals surface area contributed by atoms with Crippen LogP contribution < -0.4 is 5.32 Å². The Hall–Kier alpha value is -1.72. The summed E-state index contributed by atoms with van der Waals surface area (Å²) in [6.07, 6.45) is 1.77. The Morgan fingerprint density at radius 3 is 3.00 bits per heavy atom. The molecule has 4 nitrogen and oxygen atoms in total. The molecular formula is C13H14N4S. The number of rotatable bonds is 4. The molecule has 3 aromatic rings. The smallest absolute Gasteiger partial charge is 0.108 e. The van der Waals surface area contributed by atoms with Gasteiger partial charge in [0.25, 0.3) is 0 Å². The minimum absolute atomic E-state index is 0.250. The molecule has 92 valence electrons. The molecule has 2 N–H and O–H groups in total. The standard InChI is InChI=1S/C13H14N4S/c1-9(10-6-7-15-17-10)14-8-13-16-11-4-2-3-5-12(11)18-13/h2-7,9,14H,8H2,1H3,(H,15,17). The van der Waals surface area contributed by atoms with Crippen molar-refractivity contribution in [1.82, 2.24) is 20.5 Å². The highest BCUT2D eigenvalue weighted by Gasteiger charge is 2.08. The highest BCUT2D eigenvalue weighted by atomic mass is 32.1. The number of aromatic amines is 1. The lowest BCUT2D eigenvalue weighted by molar-refractivity contribution is 0.559. The molecule has 0 radical (unpaired) electrons. The van der Waals surface area contributed by atoms with Crippen molar-refractivity contribution in [3.8, 4) is 0 Å². The Balaban J connectivity index is 1.69. The van der Waals surface area contributed by atoms with Crippen LogP contribution in [0.1, 0.15) is 23.7 Å². The monoisotopic (exact) mass is 258 g/mol. The second-order valence-electron chi connectivity index (χ2n) is 4.19. The average molecular weight is 258 g/mol. The summed E-state index contributed by atoms with van der Waals surface area (Å²) < 4.78 is 1.24. The van der Waals surface area contributed by atoms with Gasteiger partial charge in [0, 0.05) is 18.8 Å². The van der Waals surface area contributed by atoms with Crippen molar-refractivity contribution in [3.63, 3.8) is 0 Å². The van der Waals surface area contributed by atoms with Crippen molar-refractivity contribution < 1.29 is 0 Å². The van der Waals surface area contributed by atoms with Gasteiger partial charge in [0.1, 0.15) is 5.01 Å². The third-order valence-corrected chi connectivity index (χ3v) is 3.92. The third kappa shape index (κ3) is 2.27. The molecule has 0 aliphatic carbocycles. The van der Waals surface area contributed by atoms with Crippen LogP contribution in [-0.2, 0) is 6.54 Å². The number of benzene rings is 1. The van der Waals surface area contributed by atoms with E-state index >= 15 is 0 Å². The fourth-order valence-corrected chi connectivity index (χ4v) is 2.77. The molecule has 2 aromatic heterocycles. The number of fused-ring (bicyclic) bond motifs is 1. The van der Waals surface area contributed by atoms with E-state index in [1.165, 1.54) is 4.70 Å². The number of aromatic nitrogens is 3. The van der Waals surface area contributed by atoms with Crippen LogP contribution in [0.3, 0.4) is 0 Å². The fourth-order valence-electron chi connectivity index (χ4n) is 1.85. The zero-order valence-electron chi connectivity index (χ0n) is 10.1. The van der Waals surface area contributed by atoms with Gasteiger partial charge in [0.2, 0.25) is 0 Å². The number of H-pyrrole nitrogens is 1. The highest BCUT2D eigenvalue weighted by molar-refractivity contribution is 7.18. The van der Waals surface area contributed by atoms with E-state index in [1.807, 2.05) is 24.3 Å². The number of hydrogen-bond acceptors (Lipinski definition) is 4. The molecule has 1 atom stereocenters. The van der Waals surface area contributed by atoms with Crippen molar-refractivity contribution in [2.75, 3.05) is 0 Å². The van der Waals surface area contributed by atoms with Crippen LogP contribution in [0.5, 0.6) is 0 Å². The predicted octanol–water partition coefficient (Wildman–Crippen LogP) is 2.87. The molecule has 0 amide bonds. The van der Waals surface area contributed by atoms with Gasteiger partial charge in [-0.2, -0.15) is 5.10 Å². The summed E-state index contributed by atoms with van der Waals surface area (Å²) in [5.74, 6) is 0. The van der Waals surface area contributed by atoms with Crippen molar-refractivity contribution in [3.05, 3.63) is 47.2 Å². The first-order valence-corrected chi connectivity index (χ1v) is 6.71. The van der Waals surface area contributed by atoms with Gasteiger partial charge in [0.05, 0.1) is 15.9 Å². The van der Waals surface area contributed by atoms with Crippen molar-refractivity contribution in [2.45, 2.75) is 19.5 Å². The summed E-state index contributed by atoms with van der Waals surface area (Å²) >= 11 is 1.74. The molecule has 5 heteroatoms. The molecule has 0 aliphatic heterocycles. The van der Waals surface area contributed by atoms with Gasteiger partial charge in [-0.3, -0.25) is 5.10 Å². The Morgan fingerprint density at radius 2 is 2.22 bits per heavy atom. The van der Waals surface area contributed by atoms with Gasteiger partial charge < -0.3 is 5.32 Å². The van der Waals surface area contributed by atoms with Crippen molar-refractivity contribution in [1.29, 1.82) is 0 Å². The molecule has 2 heterocycles. The zero-order valence-corrected chi connectivity index (χ0v) is 10.9. The van der Waals surface area contributed by atoms with Crippen LogP contribution in [0.15, 0.2) is 36.5 Å². The Morgan fingerprint density at radius 1 is 1.33 bits per heavy atom. The fraction of sp³-hybridized carbons (Fsp3) is 0.231. The predicted molar refractivity (Wildman–Crippen MR) is 73.5 cm³/mol. The van der Waals surface area contributed by atoms with Crippen LogP contribution in [0.2, 0.25) is 0 Å². The van der Waals surface area contributed by atoms with Crippen LogP contribution in [0.25, 0.3) is 10.2 Å². The maximum Gasteiger partial charge on any atom is 0.108 e. The molecule has 1 unspecified atom stereocenters. The van der Waals surface area contributed by atoms with E-state index in [-0.39, 0.29) is 6.04 Å². The SMILES string of the molecule is CC(NCc1nc2ccccc2s1)c1ccn[nH]1. The van der Waals surface area contributed by atoms with Crippen LogP contribution in [0, 0.1) is 0 Å². The summed E-state index contributed by atoms with van der Waals surface area (Å²) in [6, 6.07) is 10.5. The number of para-hydroxylation sites is 1. The molecule has 0 spiro atoms. The summed E-state index contributed by atoms with van der Waals surface area (Å²) in [6.45, 7) is 2.89. The molecular weight excluding hydrogens is 244 g/mol. The number of thiazole rings is 1. The van der Waals surface area contributed by atoms with E-state index in [1.54, 1.807) is 17.5 Å². The average Bonchev–Trinajstić information content (AvgIpc) is 3.04. The largest absolute Gasteiger partial charge is 0.302 e. The van der Waals surface area contributed by atoms with E-state index in [0.29, 0.717) is 0 Å². The molecule has 0 saturated heterocycles. The lowest BCUT2D eigenvalue weighted by Crippen LogP contribution is -2.18. The molecule has 0 aliphatic rings. The number of nitrogens with zero attached hydrogens (tertiary/aromatic N) is 2. The molecule has 18 heavy (non-hydrogen) atoms. The minimum atomic E-state index is 0.250. The molecule has 0 fully saturated rings. The minimum Gasteiger partial charge on any atom is -0.302 e. The highest BCUT2D eigenvalue weighted by Crippen LogP contribution is 2.21. The second-order valence-corrected chi connectivity index (χ2v) is 5.31. The molecule has 0 bridgehead atoms. The third-order valence-electron chi connectivity index (χ3n) is 2.89. The molecule has 0 saturated carbocycles. The Bertz CT molecular complexity index is 596. The lowest BCUT2D eigenvalue weighted by Gasteiger charge is -2.09. The topological polar surface area (TPSA) is 53.6 Å². The van der Waals surface area contributed by atoms with Crippen molar-refractivity contribution >= 4 is 21.6 Å². The lowest BCUT2D eigenvalue weighted by atomic mass is 10.2. The summed E-state index contributed by atoms with van der Waals surface area (Å²) in [5, 5.41) is 11.5. The second kappa shape index (κ2) is 4.88. The van der Waals surface area contributed by atoms with Crippen LogP contribution >= 0.6 is 11.3 Å². The number of nitrogens with one attached hydrogen (secondary N) is 2. The summed E-state index contributed by atoms with van der Waals surface area (Å²) in [4.78, 5) is 4.60. The first-order valence-electron chi connectivity index (χ1n) is 5.90. The first kappa shape index (κ1) is 11.4. The van der Waals surface area contributed by atoms with Gasteiger partial charge in [0.15, 0.2) is 0 Å².